The third-order valence-electron chi connectivity index (χ3n) is 4.50. The molecule has 27 heavy (non-hydrogen) atoms. The van der Waals surface area contributed by atoms with Crippen LogP contribution in [0, 0.1) is 0 Å². The minimum absolute atomic E-state index is 0.235. The minimum Gasteiger partial charge on any atom is -0.452 e. The molecular formula is C20H20ClN5O. The van der Waals surface area contributed by atoms with Crippen molar-refractivity contribution < 1.29 is 4.74 Å². The van der Waals surface area contributed by atoms with Gasteiger partial charge in [-0.2, -0.15) is 4.98 Å². The summed E-state index contributed by atoms with van der Waals surface area (Å²) in [5.41, 5.74) is 7.07. The van der Waals surface area contributed by atoms with Crippen molar-refractivity contribution in [1.82, 2.24) is 9.97 Å². The van der Waals surface area contributed by atoms with Gasteiger partial charge >= 0.3 is 0 Å². The zero-order valence-electron chi connectivity index (χ0n) is 14.8. The summed E-state index contributed by atoms with van der Waals surface area (Å²) in [4.78, 5) is 13.1. The zero-order chi connectivity index (χ0) is 18.6. The van der Waals surface area contributed by atoms with Crippen LogP contribution in [0.2, 0.25) is 5.02 Å². The lowest BCUT2D eigenvalue weighted by atomic mass is 10.2. The van der Waals surface area contributed by atoms with Crippen molar-refractivity contribution in [2.75, 3.05) is 41.7 Å². The number of hydrogen-bond donors (Lipinski definition) is 1. The van der Waals surface area contributed by atoms with Crippen molar-refractivity contribution in [3.8, 4) is 11.5 Å². The van der Waals surface area contributed by atoms with Crippen LogP contribution in [-0.4, -0.2) is 36.1 Å². The lowest BCUT2D eigenvalue weighted by Crippen LogP contribution is -2.47. The largest absolute Gasteiger partial charge is 0.452 e. The van der Waals surface area contributed by atoms with Crippen LogP contribution >= 0.6 is 11.6 Å². The smallest absolute Gasteiger partial charge is 0.222 e. The van der Waals surface area contributed by atoms with Gasteiger partial charge in [0.05, 0.1) is 6.20 Å². The molecular weight excluding hydrogens is 362 g/mol. The second-order valence-electron chi connectivity index (χ2n) is 6.28. The Balaban J connectivity index is 1.51. The van der Waals surface area contributed by atoms with Crippen LogP contribution in [0.15, 0.2) is 60.8 Å². The molecule has 1 saturated heterocycles. The molecule has 7 heteroatoms. The molecule has 138 valence electrons. The summed E-state index contributed by atoms with van der Waals surface area (Å²) in [6.07, 6.45) is 1.62. The molecule has 0 aliphatic carbocycles. The van der Waals surface area contributed by atoms with Crippen LogP contribution in [0.4, 0.5) is 17.5 Å². The fraction of sp³-hybridized carbons (Fsp3) is 0.200. The predicted octanol–water partition coefficient (Wildman–Crippen LogP) is 3.83. The van der Waals surface area contributed by atoms with Gasteiger partial charge in [0.1, 0.15) is 5.75 Å². The Morgan fingerprint density at radius 3 is 2.26 bits per heavy atom. The highest BCUT2D eigenvalue weighted by Gasteiger charge is 2.22. The maximum Gasteiger partial charge on any atom is 0.222 e. The SMILES string of the molecule is Nc1ncc(Oc2ccc(Cl)cc2)c(N2CCN(c3ccccc3)CC2)n1. The first kappa shape index (κ1) is 17.4. The number of para-hydroxylation sites is 1. The lowest BCUT2D eigenvalue weighted by molar-refractivity contribution is 0.474. The van der Waals surface area contributed by atoms with Crippen LogP contribution in [0.5, 0.6) is 11.5 Å². The molecule has 0 unspecified atom stereocenters. The van der Waals surface area contributed by atoms with E-state index >= 15 is 0 Å². The average Bonchev–Trinajstić information content (AvgIpc) is 2.72. The molecule has 0 amide bonds. The highest BCUT2D eigenvalue weighted by Crippen LogP contribution is 2.32. The van der Waals surface area contributed by atoms with E-state index in [9.17, 15) is 0 Å². The van der Waals surface area contributed by atoms with Gasteiger partial charge in [-0.15, -0.1) is 0 Å². The summed E-state index contributed by atoms with van der Waals surface area (Å²) in [5.74, 6) is 2.21. The van der Waals surface area contributed by atoms with E-state index in [0.717, 1.165) is 26.2 Å². The van der Waals surface area contributed by atoms with Crippen molar-refractivity contribution in [2.45, 2.75) is 0 Å². The van der Waals surface area contributed by atoms with Gasteiger partial charge in [0.2, 0.25) is 5.95 Å². The summed E-state index contributed by atoms with van der Waals surface area (Å²) in [5, 5.41) is 0.660. The quantitative estimate of drug-likeness (QED) is 0.740. The number of ether oxygens (including phenoxy) is 1. The normalized spacial score (nSPS) is 14.3. The number of anilines is 3. The molecule has 0 radical (unpaired) electrons. The monoisotopic (exact) mass is 381 g/mol. The van der Waals surface area contributed by atoms with E-state index < -0.39 is 0 Å². The van der Waals surface area contributed by atoms with Gasteiger partial charge in [-0.1, -0.05) is 29.8 Å². The first-order chi connectivity index (χ1) is 13.2. The number of benzene rings is 2. The van der Waals surface area contributed by atoms with Crippen molar-refractivity contribution in [3.05, 3.63) is 65.8 Å². The third-order valence-corrected chi connectivity index (χ3v) is 4.75. The van der Waals surface area contributed by atoms with E-state index in [4.69, 9.17) is 22.1 Å². The van der Waals surface area contributed by atoms with Crippen molar-refractivity contribution in [1.29, 1.82) is 0 Å². The van der Waals surface area contributed by atoms with Gasteiger partial charge in [-0.3, -0.25) is 0 Å². The van der Waals surface area contributed by atoms with Gasteiger partial charge in [0.25, 0.3) is 0 Å². The summed E-state index contributed by atoms with van der Waals surface area (Å²) in [6, 6.07) is 17.6. The van der Waals surface area contributed by atoms with Gasteiger partial charge in [-0.05, 0) is 36.4 Å². The Hall–Kier alpha value is -2.99. The second kappa shape index (κ2) is 7.72. The maximum atomic E-state index is 5.99. The van der Waals surface area contributed by atoms with Crippen LogP contribution < -0.4 is 20.3 Å². The number of nitrogens with two attached hydrogens (primary N) is 1. The van der Waals surface area contributed by atoms with E-state index in [1.165, 1.54) is 5.69 Å². The molecule has 2 heterocycles. The van der Waals surface area contributed by atoms with Gasteiger partial charge in [-0.25, -0.2) is 4.98 Å². The van der Waals surface area contributed by atoms with Crippen LogP contribution in [0.1, 0.15) is 0 Å². The van der Waals surface area contributed by atoms with E-state index in [1.54, 1.807) is 18.3 Å². The molecule has 0 spiro atoms. The number of hydrogen-bond acceptors (Lipinski definition) is 6. The summed E-state index contributed by atoms with van der Waals surface area (Å²) >= 11 is 5.94. The summed E-state index contributed by atoms with van der Waals surface area (Å²) in [7, 11) is 0. The number of rotatable bonds is 4. The molecule has 0 atom stereocenters. The minimum atomic E-state index is 0.235. The Morgan fingerprint density at radius 1 is 0.889 bits per heavy atom. The zero-order valence-corrected chi connectivity index (χ0v) is 15.5. The number of nitrogen functional groups attached to an aromatic ring is 1. The van der Waals surface area contributed by atoms with Crippen molar-refractivity contribution in [2.24, 2.45) is 0 Å². The van der Waals surface area contributed by atoms with Gasteiger partial charge in [0.15, 0.2) is 11.6 Å². The molecule has 6 nitrogen and oxygen atoms in total. The van der Waals surface area contributed by atoms with Crippen LogP contribution in [0.25, 0.3) is 0 Å². The van der Waals surface area contributed by atoms with Crippen LogP contribution in [-0.2, 0) is 0 Å². The Labute approximate surface area is 163 Å². The third kappa shape index (κ3) is 4.06. The highest BCUT2D eigenvalue weighted by atomic mass is 35.5. The molecule has 1 aliphatic heterocycles. The van der Waals surface area contributed by atoms with E-state index in [0.29, 0.717) is 22.3 Å². The Bertz CT molecular complexity index is 896. The van der Waals surface area contributed by atoms with E-state index in [2.05, 4.69) is 44.0 Å². The molecule has 3 aromatic rings. The fourth-order valence-electron chi connectivity index (χ4n) is 3.12. The first-order valence-corrected chi connectivity index (χ1v) is 9.18. The second-order valence-corrected chi connectivity index (χ2v) is 6.72. The Kier molecular flexibility index (Phi) is 4.98. The lowest BCUT2D eigenvalue weighted by Gasteiger charge is -2.37. The van der Waals surface area contributed by atoms with E-state index in [1.807, 2.05) is 18.2 Å². The van der Waals surface area contributed by atoms with Crippen molar-refractivity contribution in [3.63, 3.8) is 0 Å². The average molecular weight is 382 g/mol. The predicted molar refractivity (Wildman–Crippen MR) is 109 cm³/mol. The molecule has 4 rings (SSSR count). The highest BCUT2D eigenvalue weighted by molar-refractivity contribution is 6.30. The molecule has 1 aromatic heterocycles. The Morgan fingerprint density at radius 2 is 1.56 bits per heavy atom. The summed E-state index contributed by atoms with van der Waals surface area (Å²) < 4.78 is 5.99. The number of piperazine rings is 1. The molecule has 2 aromatic carbocycles. The standard InChI is InChI=1S/C20H20ClN5O/c21-15-6-8-17(9-7-15)27-18-14-23-20(22)24-19(18)26-12-10-25(11-13-26)16-4-2-1-3-5-16/h1-9,14H,10-13H2,(H2,22,23,24). The molecule has 1 aliphatic rings. The van der Waals surface area contributed by atoms with Gasteiger partial charge in [0, 0.05) is 36.9 Å². The number of nitrogens with zero attached hydrogens (tertiary/aromatic N) is 4. The van der Waals surface area contributed by atoms with Crippen LogP contribution in [0.3, 0.4) is 0 Å². The molecule has 1 fully saturated rings. The maximum absolute atomic E-state index is 5.99. The summed E-state index contributed by atoms with van der Waals surface area (Å²) in [6.45, 7) is 3.44. The first-order valence-electron chi connectivity index (χ1n) is 8.80. The molecule has 0 bridgehead atoms. The van der Waals surface area contributed by atoms with E-state index in [-0.39, 0.29) is 5.95 Å². The number of aromatic nitrogens is 2. The molecule has 0 saturated carbocycles. The topological polar surface area (TPSA) is 67.5 Å². The van der Waals surface area contributed by atoms with Crippen molar-refractivity contribution >= 4 is 29.1 Å². The molecule has 2 N–H and O–H groups in total. The number of halogens is 1. The fourth-order valence-corrected chi connectivity index (χ4v) is 3.24. The van der Waals surface area contributed by atoms with Gasteiger partial charge < -0.3 is 20.3 Å².